The van der Waals surface area contributed by atoms with Crippen molar-refractivity contribution in [3.8, 4) is 0 Å². The number of hydrogen-bond donors (Lipinski definition) is 2. The molecule has 0 aliphatic carbocycles. The molecule has 1 fully saturated rings. The van der Waals surface area contributed by atoms with Gasteiger partial charge in [-0.1, -0.05) is 25.6 Å². The number of piperidine rings is 1. The Morgan fingerprint density at radius 3 is 2.51 bits per heavy atom. The molecule has 37 heavy (non-hydrogen) atoms. The molecule has 2 aliphatic heterocycles. The minimum Gasteiger partial charge on any atom is -0.480 e. The van der Waals surface area contributed by atoms with Crippen molar-refractivity contribution in [2.75, 3.05) is 45.3 Å². The first-order valence-corrected chi connectivity index (χ1v) is 13.2. The van der Waals surface area contributed by atoms with Gasteiger partial charge in [0.25, 0.3) is 11.8 Å². The molecular formula is C25H36F3N3O5S. The molecule has 12 heteroatoms. The van der Waals surface area contributed by atoms with Crippen molar-refractivity contribution in [2.45, 2.75) is 68.3 Å². The summed E-state index contributed by atoms with van der Waals surface area (Å²) in [5, 5.41) is 12.9. The number of unbranched alkanes of at least 4 members (excludes halogenated alkanes) is 1. The number of aliphatic carboxylic acids is 1. The van der Waals surface area contributed by atoms with Gasteiger partial charge in [0, 0.05) is 44.8 Å². The molecule has 2 N–H and O–H groups in total. The number of rotatable bonds is 8. The van der Waals surface area contributed by atoms with Gasteiger partial charge >= 0.3 is 12.1 Å². The zero-order valence-electron chi connectivity index (χ0n) is 21.9. The van der Waals surface area contributed by atoms with Crippen molar-refractivity contribution in [1.82, 2.24) is 10.2 Å². The van der Waals surface area contributed by atoms with Gasteiger partial charge in [-0.3, -0.25) is 14.4 Å². The van der Waals surface area contributed by atoms with E-state index in [2.05, 4.69) is 5.32 Å². The Hall–Kier alpha value is -2.31. The van der Waals surface area contributed by atoms with Gasteiger partial charge in [-0.2, -0.15) is 13.2 Å². The van der Waals surface area contributed by atoms with E-state index in [1.54, 1.807) is 0 Å². The molecule has 1 aromatic rings. The lowest BCUT2D eigenvalue weighted by molar-refractivity contribution is -0.143. The van der Waals surface area contributed by atoms with E-state index in [0.717, 1.165) is 25.1 Å². The fraction of sp³-hybridized carbons (Fsp3) is 0.640. The van der Waals surface area contributed by atoms with Crippen LogP contribution in [0.1, 0.15) is 62.4 Å². The number of amides is 2. The third-order valence-electron chi connectivity index (χ3n) is 6.42. The van der Waals surface area contributed by atoms with Crippen molar-refractivity contribution >= 4 is 35.2 Å². The Balaban J connectivity index is 0.00000235. The van der Waals surface area contributed by atoms with Crippen LogP contribution < -0.4 is 10.2 Å². The lowest BCUT2D eigenvalue weighted by atomic mass is 10.00. The zero-order valence-corrected chi connectivity index (χ0v) is 22.7. The highest BCUT2D eigenvalue weighted by atomic mass is 32.2. The summed E-state index contributed by atoms with van der Waals surface area (Å²) in [6, 6.07) is 1.64. The molecule has 0 bridgehead atoms. The number of anilines is 1. The maximum atomic E-state index is 14.1. The number of halogens is 3. The van der Waals surface area contributed by atoms with E-state index >= 15 is 0 Å². The Morgan fingerprint density at radius 2 is 1.97 bits per heavy atom. The number of nitrogens with one attached hydrogen (secondary N) is 1. The standard InChI is InChI=1S/C23H30F3N3O5S.C2H6/c1-22(21(32)33)20(31)29(9-4-5-10-34-3)17-11-15(16(23(24,25)26)12-18(17)35-22)19(30)28(2)14-7-6-8-27-13-14;1-2/h11-12,14,27H,4-10,13H2,1-3H3,(H,32,33);1-2H3/t14-,22?;/m1./s1. The number of carbonyl (C=O) groups excluding carboxylic acids is 2. The van der Waals surface area contributed by atoms with Crippen molar-refractivity contribution in [3.05, 3.63) is 23.3 Å². The summed E-state index contributed by atoms with van der Waals surface area (Å²) in [5.41, 5.74) is -1.59. The van der Waals surface area contributed by atoms with Gasteiger partial charge in [0.1, 0.15) is 0 Å². The SMILES string of the molecule is CC.COCCCCN1C(=O)C(C)(C(=O)O)Sc2cc(C(F)(F)F)c(C(=O)N(C)[C@@H]3CCCNC3)cc21. The summed E-state index contributed by atoms with van der Waals surface area (Å²) in [6.45, 7) is 6.94. The summed E-state index contributed by atoms with van der Waals surface area (Å²) in [5.74, 6) is -2.99. The van der Waals surface area contributed by atoms with Crippen LogP contribution in [-0.4, -0.2) is 79.0 Å². The molecule has 0 aromatic heterocycles. The van der Waals surface area contributed by atoms with Gasteiger partial charge in [-0.15, -0.1) is 0 Å². The average molecular weight is 548 g/mol. The van der Waals surface area contributed by atoms with E-state index in [1.807, 2.05) is 13.8 Å². The second kappa shape index (κ2) is 13.0. The zero-order chi connectivity index (χ0) is 28.0. The summed E-state index contributed by atoms with van der Waals surface area (Å²) in [6.07, 6.45) is -2.38. The summed E-state index contributed by atoms with van der Waals surface area (Å²) >= 11 is 0.560. The number of ether oxygens (including phenoxy) is 1. The summed E-state index contributed by atoms with van der Waals surface area (Å²) in [7, 11) is 3.00. The number of benzene rings is 1. The van der Waals surface area contributed by atoms with Gasteiger partial charge in [0.05, 0.1) is 16.8 Å². The monoisotopic (exact) mass is 547 g/mol. The van der Waals surface area contributed by atoms with Crippen LogP contribution in [0.2, 0.25) is 0 Å². The lowest BCUT2D eigenvalue weighted by Gasteiger charge is -2.38. The largest absolute Gasteiger partial charge is 0.480 e. The first kappa shape index (κ1) is 30.9. The molecule has 2 amide bonds. The number of thioether (sulfide) groups is 1. The number of alkyl halides is 3. The molecule has 1 saturated heterocycles. The number of methoxy groups -OCH3 is 1. The molecule has 1 unspecified atom stereocenters. The summed E-state index contributed by atoms with van der Waals surface area (Å²) in [4.78, 5) is 41.0. The first-order valence-electron chi connectivity index (χ1n) is 12.4. The highest BCUT2D eigenvalue weighted by Gasteiger charge is 2.51. The average Bonchev–Trinajstić information content (AvgIpc) is 2.88. The van der Waals surface area contributed by atoms with Crippen molar-refractivity contribution in [3.63, 3.8) is 0 Å². The van der Waals surface area contributed by atoms with E-state index in [1.165, 1.54) is 30.9 Å². The number of likely N-dealkylation sites (N-methyl/N-ethyl adjacent to an activating group) is 1. The van der Waals surface area contributed by atoms with E-state index in [-0.39, 0.29) is 23.2 Å². The Bertz CT molecular complexity index is 985. The molecular weight excluding hydrogens is 511 g/mol. The van der Waals surface area contributed by atoms with E-state index in [9.17, 15) is 32.7 Å². The number of carboxylic acids is 1. The molecule has 2 aliphatic rings. The predicted molar refractivity (Wildman–Crippen MR) is 136 cm³/mol. The van der Waals surface area contributed by atoms with E-state index in [0.29, 0.717) is 44.2 Å². The lowest BCUT2D eigenvalue weighted by Crippen LogP contribution is -2.53. The second-order valence-electron chi connectivity index (χ2n) is 8.88. The third kappa shape index (κ3) is 6.77. The topological polar surface area (TPSA) is 99.2 Å². The van der Waals surface area contributed by atoms with E-state index in [4.69, 9.17) is 4.74 Å². The number of carboxylic acid groups (broad SMARTS) is 1. The van der Waals surface area contributed by atoms with Gasteiger partial charge < -0.3 is 25.0 Å². The van der Waals surface area contributed by atoms with Gasteiger partial charge in [0.15, 0.2) is 4.75 Å². The fourth-order valence-electron chi connectivity index (χ4n) is 4.30. The minimum absolute atomic E-state index is 0.00731. The number of carbonyl (C=O) groups is 3. The Kier molecular flexibility index (Phi) is 10.8. The van der Waals surface area contributed by atoms with Crippen LogP contribution in [0.5, 0.6) is 0 Å². The maximum Gasteiger partial charge on any atom is 0.417 e. The van der Waals surface area contributed by atoms with Crippen LogP contribution >= 0.6 is 11.8 Å². The quantitative estimate of drug-likeness (QED) is 0.371. The van der Waals surface area contributed by atoms with Gasteiger partial charge in [0.2, 0.25) is 0 Å². The number of nitrogens with zero attached hydrogens (tertiary/aromatic N) is 2. The van der Waals surface area contributed by atoms with E-state index < -0.39 is 39.8 Å². The van der Waals surface area contributed by atoms with Crippen LogP contribution in [0.15, 0.2) is 17.0 Å². The van der Waals surface area contributed by atoms with Gasteiger partial charge in [-0.25, -0.2) is 0 Å². The molecule has 2 heterocycles. The normalized spacial score (nSPS) is 21.6. The van der Waals surface area contributed by atoms with Crippen LogP contribution in [0.25, 0.3) is 0 Å². The molecule has 8 nitrogen and oxygen atoms in total. The molecule has 2 atom stereocenters. The van der Waals surface area contributed by atoms with Crippen molar-refractivity contribution in [1.29, 1.82) is 0 Å². The Labute approximate surface area is 219 Å². The minimum atomic E-state index is -4.85. The molecule has 0 spiro atoms. The van der Waals surface area contributed by atoms with Crippen LogP contribution in [0, 0.1) is 0 Å². The fourth-order valence-corrected chi connectivity index (χ4v) is 5.47. The molecule has 208 valence electrons. The predicted octanol–water partition coefficient (Wildman–Crippen LogP) is 4.26. The highest BCUT2D eigenvalue weighted by molar-refractivity contribution is 8.02. The molecule has 1 aromatic carbocycles. The highest BCUT2D eigenvalue weighted by Crippen LogP contribution is 2.49. The maximum absolute atomic E-state index is 14.1. The van der Waals surface area contributed by atoms with Crippen LogP contribution in [-0.2, 0) is 20.5 Å². The van der Waals surface area contributed by atoms with Crippen molar-refractivity contribution in [2.24, 2.45) is 0 Å². The summed E-state index contributed by atoms with van der Waals surface area (Å²) < 4.78 is 45.3. The third-order valence-corrected chi connectivity index (χ3v) is 7.72. The first-order chi connectivity index (χ1) is 17.4. The molecule has 0 saturated carbocycles. The molecule has 3 rings (SSSR count). The number of fused-ring (bicyclic) bond motifs is 1. The smallest absolute Gasteiger partial charge is 0.417 e. The number of hydrogen-bond acceptors (Lipinski definition) is 6. The van der Waals surface area contributed by atoms with Crippen molar-refractivity contribution < 1.29 is 37.4 Å². The second-order valence-corrected chi connectivity index (χ2v) is 10.3. The van der Waals surface area contributed by atoms with Gasteiger partial charge in [-0.05, 0) is 51.3 Å². The molecule has 0 radical (unpaired) electrons. The Morgan fingerprint density at radius 1 is 1.30 bits per heavy atom. The van der Waals surface area contributed by atoms with Crippen LogP contribution in [0.3, 0.4) is 0 Å². The van der Waals surface area contributed by atoms with Crippen LogP contribution in [0.4, 0.5) is 18.9 Å².